The molecular weight excluding hydrogens is 401 g/mol. The molecule has 2 N–H and O–H groups in total. The van der Waals surface area contributed by atoms with E-state index in [1.807, 2.05) is 25.5 Å². The zero-order valence-corrected chi connectivity index (χ0v) is 15.8. The molecule has 1 saturated carbocycles. The molecule has 1 aliphatic rings. The number of benzene rings is 1. The molecule has 0 spiro atoms. The van der Waals surface area contributed by atoms with Crippen LogP contribution in [0.2, 0.25) is 0 Å². The normalized spacial score (nSPS) is 14.4. The number of hydrogen-bond acceptors (Lipinski definition) is 2. The molecule has 1 heterocycles. The molecule has 3 rings (SSSR count). The molecule has 0 bridgehead atoms. The summed E-state index contributed by atoms with van der Waals surface area (Å²) in [6.45, 7) is 1.44. The monoisotopic (exact) mass is 425 g/mol. The maximum Gasteiger partial charge on any atom is 0.191 e. The highest BCUT2D eigenvalue weighted by molar-refractivity contribution is 14.0. The molecule has 1 fully saturated rings. The van der Waals surface area contributed by atoms with Crippen LogP contribution in [0.4, 0.5) is 0 Å². The summed E-state index contributed by atoms with van der Waals surface area (Å²) in [6, 6.07) is 11.1. The third kappa shape index (κ3) is 4.95. The standard InChI is InChI=1S/C17H23N5.HI/c1-21(15-7-8-15)17(18)20-13-16-19-10-12-22(16)11-9-14-5-3-2-4-6-14;/h2-6,10,12,15H,7-9,11,13H2,1H3,(H2,18,20);1H. The first kappa shape index (κ1) is 17.8. The second-order valence-corrected chi connectivity index (χ2v) is 5.79. The zero-order chi connectivity index (χ0) is 15.4. The number of guanidine groups is 1. The van der Waals surface area contributed by atoms with E-state index in [0.29, 0.717) is 18.5 Å². The van der Waals surface area contributed by atoms with E-state index in [1.54, 1.807) is 0 Å². The summed E-state index contributed by atoms with van der Waals surface area (Å²) in [5, 5.41) is 0. The third-order valence-corrected chi connectivity index (χ3v) is 4.12. The van der Waals surface area contributed by atoms with E-state index in [0.717, 1.165) is 18.8 Å². The van der Waals surface area contributed by atoms with Gasteiger partial charge in [-0.2, -0.15) is 0 Å². The quantitative estimate of drug-likeness (QED) is 0.440. The Morgan fingerprint density at radius 1 is 1.35 bits per heavy atom. The van der Waals surface area contributed by atoms with Gasteiger partial charge in [0.2, 0.25) is 0 Å². The molecule has 1 aromatic heterocycles. The van der Waals surface area contributed by atoms with Gasteiger partial charge in [-0.15, -0.1) is 24.0 Å². The van der Waals surface area contributed by atoms with Crippen molar-refractivity contribution in [1.82, 2.24) is 14.5 Å². The van der Waals surface area contributed by atoms with E-state index in [2.05, 4.69) is 43.7 Å². The fraction of sp³-hybridized carbons (Fsp3) is 0.412. The molecule has 124 valence electrons. The summed E-state index contributed by atoms with van der Waals surface area (Å²) in [7, 11) is 2.01. The minimum atomic E-state index is 0. The van der Waals surface area contributed by atoms with Gasteiger partial charge >= 0.3 is 0 Å². The molecule has 0 unspecified atom stereocenters. The Bertz CT molecular complexity index is 633. The van der Waals surface area contributed by atoms with Crippen molar-refractivity contribution in [3.63, 3.8) is 0 Å². The largest absolute Gasteiger partial charge is 0.370 e. The van der Waals surface area contributed by atoms with Gasteiger partial charge in [-0.05, 0) is 24.8 Å². The van der Waals surface area contributed by atoms with Gasteiger partial charge in [-0.25, -0.2) is 9.98 Å². The van der Waals surface area contributed by atoms with Crippen LogP contribution >= 0.6 is 24.0 Å². The lowest BCUT2D eigenvalue weighted by Gasteiger charge is -2.16. The first-order chi connectivity index (χ1) is 10.7. The van der Waals surface area contributed by atoms with Gasteiger partial charge in [-0.1, -0.05) is 30.3 Å². The predicted octanol–water partition coefficient (Wildman–Crippen LogP) is 2.65. The second-order valence-electron chi connectivity index (χ2n) is 5.79. The third-order valence-electron chi connectivity index (χ3n) is 4.12. The first-order valence-corrected chi connectivity index (χ1v) is 7.80. The molecule has 0 saturated heterocycles. The number of nitrogens with zero attached hydrogens (tertiary/aromatic N) is 4. The topological polar surface area (TPSA) is 59.4 Å². The predicted molar refractivity (Wildman–Crippen MR) is 104 cm³/mol. The van der Waals surface area contributed by atoms with Gasteiger partial charge in [0, 0.05) is 32.0 Å². The number of imidazole rings is 1. The molecule has 0 atom stereocenters. The Hall–Kier alpha value is -1.57. The van der Waals surface area contributed by atoms with E-state index in [1.165, 1.54) is 18.4 Å². The Morgan fingerprint density at radius 3 is 2.78 bits per heavy atom. The van der Waals surface area contributed by atoms with Gasteiger partial charge in [-0.3, -0.25) is 0 Å². The molecule has 1 aromatic carbocycles. The van der Waals surface area contributed by atoms with Crippen LogP contribution in [-0.2, 0) is 19.5 Å². The molecule has 1 aliphatic carbocycles. The minimum absolute atomic E-state index is 0. The Balaban J connectivity index is 0.00000192. The highest BCUT2D eigenvalue weighted by atomic mass is 127. The van der Waals surface area contributed by atoms with Crippen molar-refractivity contribution in [2.45, 2.75) is 38.4 Å². The summed E-state index contributed by atoms with van der Waals surface area (Å²) in [5.74, 6) is 1.57. The van der Waals surface area contributed by atoms with E-state index >= 15 is 0 Å². The van der Waals surface area contributed by atoms with Crippen LogP contribution in [0.3, 0.4) is 0 Å². The molecule has 0 aliphatic heterocycles. The molecule has 2 aromatic rings. The molecular formula is C17H24IN5. The average Bonchev–Trinajstić information content (AvgIpc) is 3.30. The van der Waals surface area contributed by atoms with Crippen molar-refractivity contribution in [2.75, 3.05) is 7.05 Å². The van der Waals surface area contributed by atoms with Gasteiger partial charge in [0.1, 0.15) is 12.4 Å². The zero-order valence-electron chi connectivity index (χ0n) is 13.4. The van der Waals surface area contributed by atoms with E-state index < -0.39 is 0 Å². The smallest absolute Gasteiger partial charge is 0.191 e. The maximum absolute atomic E-state index is 6.03. The number of hydrogen-bond donors (Lipinski definition) is 1. The van der Waals surface area contributed by atoms with Crippen LogP contribution in [0.15, 0.2) is 47.7 Å². The lowest BCUT2D eigenvalue weighted by Crippen LogP contribution is -2.35. The number of aromatic nitrogens is 2. The van der Waals surface area contributed by atoms with E-state index in [9.17, 15) is 0 Å². The van der Waals surface area contributed by atoms with E-state index in [4.69, 9.17) is 5.73 Å². The van der Waals surface area contributed by atoms with Crippen molar-refractivity contribution in [2.24, 2.45) is 10.7 Å². The highest BCUT2D eigenvalue weighted by Gasteiger charge is 2.27. The first-order valence-electron chi connectivity index (χ1n) is 7.80. The van der Waals surface area contributed by atoms with Crippen molar-refractivity contribution in [3.8, 4) is 0 Å². The Morgan fingerprint density at radius 2 is 2.09 bits per heavy atom. The van der Waals surface area contributed by atoms with Crippen LogP contribution in [0.5, 0.6) is 0 Å². The average molecular weight is 425 g/mol. The van der Waals surface area contributed by atoms with Crippen LogP contribution in [0.1, 0.15) is 24.2 Å². The minimum Gasteiger partial charge on any atom is -0.370 e. The molecule has 0 amide bonds. The van der Waals surface area contributed by atoms with E-state index in [-0.39, 0.29) is 24.0 Å². The van der Waals surface area contributed by atoms with Crippen molar-refractivity contribution in [1.29, 1.82) is 0 Å². The number of nitrogens with two attached hydrogens (primary N) is 1. The lowest BCUT2D eigenvalue weighted by atomic mass is 10.1. The highest BCUT2D eigenvalue weighted by Crippen LogP contribution is 2.24. The van der Waals surface area contributed by atoms with Gasteiger partial charge < -0.3 is 15.2 Å². The van der Waals surface area contributed by atoms with Crippen LogP contribution in [0, 0.1) is 0 Å². The summed E-state index contributed by atoms with van der Waals surface area (Å²) in [5.41, 5.74) is 7.36. The summed E-state index contributed by atoms with van der Waals surface area (Å²) < 4.78 is 2.15. The number of rotatable bonds is 6. The fourth-order valence-corrected chi connectivity index (χ4v) is 2.50. The summed E-state index contributed by atoms with van der Waals surface area (Å²) in [6.07, 6.45) is 7.27. The lowest BCUT2D eigenvalue weighted by molar-refractivity contribution is 0.486. The van der Waals surface area contributed by atoms with Crippen LogP contribution in [-0.4, -0.2) is 33.5 Å². The van der Waals surface area contributed by atoms with Crippen LogP contribution < -0.4 is 5.73 Å². The molecule has 6 heteroatoms. The fourth-order valence-electron chi connectivity index (χ4n) is 2.50. The van der Waals surface area contributed by atoms with Crippen LogP contribution in [0.25, 0.3) is 0 Å². The van der Waals surface area contributed by atoms with Gasteiger partial charge in [0.25, 0.3) is 0 Å². The molecule has 5 nitrogen and oxygen atoms in total. The number of aryl methyl sites for hydroxylation is 2. The maximum atomic E-state index is 6.03. The molecule has 23 heavy (non-hydrogen) atoms. The van der Waals surface area contributed by atoms with Crippen molar-refractivity contribution in [3.05, 3.63) is 54.1 Å². The van der Waals surface area contributed by atoms with Gasteiger partial charge in [0.05, 0.1) is 0 Å². The van der Waals surface area contributed by atoms with Crippen molar-refractivity contribution >= 4 is 29.9 Å². The Labute approximate surface area is 154 Å². The second kappa shape index (κ2) is 8.33. The Kier molecular flexibility index (Phi) is 6.44. The van der Waals surface area contributed by atoms with Gasteiger partial charge in [0.15, 0.2) is 5.96 Å². The number of aliphatic imine (C=N–C) groups is 1. The molecule has 0 radical (unpaired) electrons. The summed E-state index contributed by atoms with van der Waals surface area (Å²) in [4.78, 5) is 10.9. The number of halogens is 1. The van der Waals surface area contributed by atoms with Crippen molar-refractivity contribution < 1.29 is 0 Å². The summed E-state index contributed by atoms with van der Waals surface area (Å²) >= 11 is 0. The SMILES string of the molecule is CN(C(N)=NCc1nccn1CCc1ccccc1)C1CC1.I.